The van der Waals surface area contributed by atoms with Gasteiger partial charge in [-0.15, -0.1) is 0 Å². The summed E-state index contributed by atoms with van der Waals surface area (Å²) in [5.41, 5.74) is 0. The first-order valence-electron chi connectivity index (χ1n) is 4.27. The van der Waals surface area contributed by atoms with Crippen LogP contribution in [0.5, 0.6) is 0 Å². The Balaban J connectivity index is 4.41. The molecule has 0 aliphatic heterocycles. The zero-order chi connectivity index (χ0) is 11.3. The zero-order valence-electron chi connectivity index (χ0n) is 8.44. The van der Waals surface area contributed by atoms with Crippen molar-refractivity contribution >= 4 is 17.7 Å². The molecule has 0 rings (SSSR count). The van der Waals surface area contributed by atoms with E-state index in [0.29, 0.717) is 0 Å². The predicted molar refractivity (Wildman–Crippen MR) is 47.7 cm³/mol. The summed E-state index contributed by atoms with van der Waals surface area (Å²) in [7, 11) is 0. The van der Waals surface area contributed by atoms with Crippen molar-refractivity contribution in [2.75, 3.05) is 0 Å². The fourth-order valence-electron chi connectivity index (χ4n) is 0.882. The van der Waals surface area contributed by atoms with E-state index in [1.165, 1.54) is 6.92 Å². The van der Waals surface area contributed by atoms with Crippen LogP contribution in [-0.4, -0.2) is 28.9 Å². The van der Waals surface area contributed by atoms with E-state index in [4.69, 9.17) is 9.84 Å². The number of aliphatic carboxylic acids is 1. The van der Waals surface area contributed by atoms with E-state index >= 15 is 0 Å². The van der Waals surface area contributed by atoms with Crippen LogP contribution < -0.4 is 0 Å². The van der Waals surface area contributed by atoms with Gasteiger partial charge in [-0.2, -0.15) is 0 Å². The van der Waals surface area contributed by atoms with E-state index in [9.17, 15) is 14.4 Å². The fraction of sp³-hybridized carbons (Fsp3) is 0.667. The highest BCUT2D eigenvalue weighted by Gasteiger charge is 2.28. The van der Waals surface area contributed by atoms with Gasteiger partial charge in [0.2, 0.25) is 0 Å². The number of carbonyl (C=O) groups excluding carboxylic acids is 2. The largest absolute Gasteiger partial charge is 0.481 e. The monoisotopic (exact) mass is 202 g/mol. The first kappa shape index (κ1) is 12.6. The summed E-state index contributed by atoms with van der Waals surface area (Å²) >= 11 is 0. The van der Waals surface area contributed by atoms with Crippen LogP contribution in [0.1, 0.15) is 27.2 Å². The number of carboxylic acid groups (broad SMARTS) is 1. The van der Waals surface area contributed by atoms with E-state index in [2.05, 4.69) is 0 Å². The summed E-state index contributed by atoms with van der Waals surface area (Å²) in [5.74, 6) is -3.63. The van der Waals surface area contributed by atoms with E-state index in [0.717, 1.165) is 0 Å². The molecule has 0 aromatic rings. The fourth-order valence-corrected chi connectivity index (χ4v) is 0.882. The van der Waals surface area contributed by atoms with Crippen LogP contribution in [0.4, 0.5) is 0 Å². The molecule has 5 nitrogen and oxygen atoms in total. The van der Waals surface area contributed by atoms with Gasteiger partial charge < -0.3 is 9.84 Å². The highest BCUT2D eigenvalue weighted by Crippen LogP contribution is 2.09. The summed E-state index contributed by atoms with van der Waals surface area (Å²) in [5, 5.41) is 8.46. The number of esters is 1. The molecule has 0 aromatic heterocycles. The third-order valence-corrected chi connectivity index (χ3v) is 1.51. The number of Topliss-reactive ketones (excluding diaryl/α,β-unsaturated/α-hetero) is 1. The molecule has 0 saturated carbocycles. The SMILES string of the molecule is CC(=O)C(CC(=O)O)C(=O)OC(C)C. The number of ketones is 1. The second-order valence-electron chi connectivity index (χ2n) is 3.25. The van der Waals surface area contributed by atoms with Crippen LogP contribution >= 0.6 is 0 Å². The maximum Gasteiger partial charge on any atom is 0.317 e. The maximum absolute atomic E-state index is 11.2. The van der Waals surface area contributed by atoms with Gasteiger partial charge in [0.25, 0.3) is 0 Å². The molecule has 0 heterocycles. The average molecular weight is 202 g/mol. The molecule has 0 radical (unpaired) electrons. The van der Waals surface area contributed by atoms with Crippen LogP contribution in [0.15, 0.2) is 0 Å². The quantitative estimate of drug-likeness (QED) is 0.522. The molecule has 0 spiro atoms. The van der Waals surface area contributed by atoms with Crippen LogP contribution in [0, 0.1) is 5.92 Å². The van der Waals surface area contributed by atoms with Gasteiger partial charge in [0.15, 0.2) is 0 Å². The lowest BCUT2D eigenvalue weighted by Gasteiger charge is -2.13. The Kier molecular flexibility index (Phi) is 4.83. The standard InChI is InChI=1S/C9H14O5/c1-5(2)14-9(13)7(6(3)10)4-8(11)12/h5,7H,4H2,1-3H3,(H,11,12). The van der Waals surface area contributed by atoms with E-state index in [1.54, 1.807) is 13.8 Å². The van der Waals surface area contributed by atoms with Gasteiger partial charge in [-0.1, -0.05) is 0 Å². The summed E-state index contributed by atoms with van der Waals surface area (Å²) < 4.78 is 4.75. The number of hydrogen-bond donors (Lipinski definition) is 1. The molecular weight excluding hydrogens is 188 g/mol. The third-order valence-electron chi connectivity index (χ3n) is 1.51. The van der Waals surface area contributed by atoms with Gasteiger partial charge in [0.05, 0.1) is 12.5 Å². The smallest absolute Gasteiger partial charge is 0.317 e. The average Bonchev–Trinajstić information content (AvgIpc) is 1.97. The molecule has 0 amide bonds. The summed E-state index contributed by atoms with van der Waals surface area (Å²) in [6.07, 6.45) is -0.862. The zero-order valence-corrected chi connectivity index (χ0v) is 8.44. The number of ether oxygens (including phenoxy) is 1. The summed E-state index contributed by atoms with van der Waals surface area (Å²) in [6.45, 7) is 4.45. The molecule has 1 N–H and O–H groups in total. The molecule has 5 heteroatoms. The van der Waals surface area contributed by atoms with Gasteiger partial charge in [0.1, 0.15) is 11.7 Å². The number of hydrogen-bond acceptors (Lipinski definition) is 4. The second-order valence-corrected chi connectivity index (χ2v) is 3.25. The Morgan fingerprint density at radius 1 is 1.29 bits per heavy atom. The molecule has 1 unspecified atom stereocenters. The maximum atomic E-state index is 11.2. The lowest BCUT2D eigenvalue weighted by molar-refractivity contribution is -0.158. The minimum atomic E-state index is -1.19. The number of carboxylic acids is 1. The molecule has 0 aliphatic rings. The third kappa shape index (κ3) is 4.59. The van der Waals surface area contributed by atoms with Crippen molar-refractivity contribution in [3.05, 3.63) is 0 Å². The lowest BCUT2D eigenvalue weighted by atomic mass is 10.0. The Hall–Kier alpha value is -1.39. The lowest BCUT2D eigenvalue weighted by Crippen LogP contribution is -2.28. The Morgan fingerprint density at radius 2 is 1.79 bits per heavy atom. The molecular formula is C9H14O5. The van der Waals surface area contributed by atoms with Gasteiger partial charge in [-0.25, -0.2) is 0 Å². The highest BCUT2D eigenvalue weighted by atomic mass is 16.5. The van der Waals surface area contributed by atoms with Crippen LogP contribution in [-0.2, 0) is 19.1 Å². The van der Waals surface area contributed by atoms with Crippen molar-refractivity contribution in [2.24, 2.45) is 5.92 Å². The topological polar surface area (TPSA) is 80.7 Å². The van der Waals surface area contributed by atoms with Gasteiger partial charge in [-0.3, -0.25) is 14.4 Å². The first-order chi connectivity index (χ1) is 6.34. The highest BCUT2D eigenvalue weighted by molar-refractivity contribution is 6.00. The number of rotatable bonds is 5. The van der Waals surface area contributed by atoms with Crippen molar-refractivity contribution in [2.45, 2.75) is 33.3 Å². The van der Waals surface area contributed by atoms with Crippen molar-refractivity contribution in [1.29, 1.82) is 0 Å². The van der Waals surface area contributed by atoms with Crippen LogP contribution in [0.2, 0.25) is 0 Å². The van der Waals surface area contributed by atoms with Gasteiger partial charge >= 0.3 is 11.9 Å². The minimum Gasteiger partial charge on any atom is -0.481 e. The molecule has 0 aromatic carbocycles. The molecule has 80 valence electrons. The normalized spacial score (nSPS) is 12.3. The first-order valence-corrected chi connectivity index (χ1v) is 4.27. The molecule has 14 heavy (non-hydrogen) atoms. The Bertz CT molecular complexity index is 244. The predicted octanol–water partition coefficient (Wildman–Crippen LogP) is 0.618. The van der Waals surface area contributed by atoms with E-state index < -0.39 is 30.1 Å². The van der Waals surface area contributed by atoms with Gasteiger partial charge in [0, 0.05) is 0 Å². The second kappa shape index (κ2) is 5.36. The summed E-state index contributed by atoms with van der Waals surface area (Å²) in [4.78, 5) is 32.5. The Labute approximate surface area is 82.1 Å². The van der Waals surface area contributed by atoms with Crippen LogP contribution in [0.25, 0.3) is 0 Å². The van der Waals surface area contributed by atoms with Crippen LogP contribution in [0.3, 0.4) is 0 Å². The molecule has 0 aliphatic carbocycles. The van der Waals surface area contributed by atoms with Gasteiger partial charge in [-0.05, 0) is 20.8 Å². The molecule has 0 fully saturated rings. The van der Waals surface area contributed by atoms with E-state index in [-0.39, 0.29) is 6.10 Å². The molecule has 0 saturated heterocycles. The Morgan fingerprint density at radius 3 is 2.07 bits per heavy atom. The number of carbonyl (C=O) groups is 3. The van der Waals surface area contributed by atoms with E-state index in [1.807, 2.05) is 0 Å². The summed E-state index contributed by atoms with van der Waals surface area (Å²) in [6, 6.07) is 0. The minimum absolute atomic E-state index is 0.349. The van der Waals surface area contributed by atoms with Crippen molar-refractivity contribution in [3.8, 4) is 0 Å². The van der Waals surface area contributed by atoms with Crippen molar-refractivity contribution < 1.29 is 24.2 Å². The molecule has 0 bridgehead atoms. The van der Waals surface area contributed by atoms with Crippen molar-refractivity contribution in [3.63, 3.8) is 0 Å². The van der Waals surface area contributed by atoms with Crippen molar-refractivity contribution in [1.82, 2.24) is 0 Å². The molecule has 1 atom stereocenters.